The minimum Gasteiger partial charge on any atom is -0.339 e. The fraction of sp³-hybridized carbons (Fsp3) is 0.400. The number of aromatic nitrogens is 1. The van der Waals surface area contributed by atoms with Crippen molar-refractivity contribution in [3.8, 4) is 0 Å². The van der Waals surface area contributed by atoms with Gasteiger partial charge in [0.1, 0.15) is 5.82 Å². The van der Waals surface area contributed by atoms with E-state index in [1.165, 1.54) is 12.3 Å². The number of amides is 1. The summed E-state index contributed by atoms with van der Waals surface area (Å²) in [6.45, 7) is 0. The van der Waals surface area contributed by atoms with Gasteiger partial charge in [0.2, 0.25) is 5.91 Å². The van der Waals surface area contributed by atoms with Crippen molar-refractivity contribution in [2.24, 2.45) is 0 Å². The molecule has 1 aliphatic rings. The highest BCUT2D eigenvalue weighted by Crippen LogP contribution is 2.30. The molecule has 1 amide bonds. The summed E-state index contributed by atoms with van der Waals surface area (Å²) in [5.74, 6) is -0.241. The molecule has 3 nitrogen and oxygen atoms in total. The van der Waals surface area contributed by atoms with E-state index in [4.69, 9.17) is 0 Å². The molecule has 0 aromatic carbocycles. The zero-order valence-electron chi connectivity index (χ0n) is 7.90. The van der Waals surface area contributed by atoms with Gasteiger partial charge in [-0.15, -0.1) is 0 Å². The molecule has 0 radical (unpaired) electrons. The van der Waals surface area contributed by atoms with Gasteiger partial charge >= 0.3 is 0 Å². The molecular formula is C10H11FN2O. The van der Waals surface area contributed by atoms with Gasteiger partial charge in [-0.3, -0.25) is 9.78 Å². The van der Waals surface area contributed by atoms with E-state index in [2.05, 4.69) is 4.98 Å². The van der Waals surface area contributed by atoms with Crippen molar-refractivity contribution in [1.29, 1.82) is 0 Å². The molecule has 0 bridgehead atoms. The monoisotopic (exact) mass is 194 g/mol. The Morgan fingerprint density at radius 2 is 2.36 bits per heavy atom. The summed E-state index contributed by atoms with van der Waals surface area (Å²) < 4.78 is 12.9. The summed E-state index contributed by atoms with van der Waals surface area (Å²) in [7, 11) is 1.74. The van der Waals surface area contributed by atoms with Crippen LogP contribution in [0.5, 0.6) is 0 Å². The maximum Gasteiger partial charge on any atom is 0.222 e. The third-order valence-corrected chi connectivity index (χ3v) is 2.60. The van der Waals surface area contributed by atoms with Gasteiger partial charge in [0.05, 0.1) is 12.2 Å². The molecule has 0 saturated carbocycles. The molecule has 1 aromatic rings. The molecule has 1 aromatic heterocycles. The predicted octanol–water partition coefficient (Wildman–Crippen LogP) is 1.51. The van der Waals surface area contributed by atoms with Crippen LogP contribution < -0.4 is 0 Å². The number of pyridine rings is 1. The molecule has 4 heteroatoms. The highest BCUT2D eigenvalue weighted by Gasteiger charge is 2.29. The van der Waals surface area contributed by atoms with Gasteiger partial charge in [0.25, 0.3) is 0 Å². The minimum absolute atomic E-state index is 0.00861. The zero-order valence-corrected chi connectivity index (χ0v) is 7.90. The van der Waals surface area contributed by atoms with Gasteiger partial charge in [-0.2, -0.15) is 0 Å². The van der Waals surface area contributed by atoms with E-state index in [1.807, 2.05) is 0 Å². The molecule has 1 unspecified atom stereocenters. The summed E-state index contributed by atoms with van der Waals surface area (Å²) in [4.78, 5) is 16.7. The third-order valence-electron chi connectivity index (χ3n) is 2.60. The Kier molecular flexibility index (Phi) is 2.19. The summed E-state index contributed by atoms with van der Waals surface area (Å²) in [6.07, 6.45) is 4.07. The number of rotatable bonds is 1. The number of carbonyl (C=O) groups excluding carboxylic acids is 1. The Morgan fingerprint density at radius 1 is 1.57 bits per heavy atom. The molecule has 14 heavy (non-hydrogen) atoms. The van der Waals surface area contributed by atoms with Crippen LogP contribution >= 0.6 is 0 Å². The Hall–Kier alpha value is -1.45. The van der Waals surface area contributed by atoms with Crippen LogP contribution in [0.3, 0.4) is 0 Å². The molecule has 0 spiro atoms. The Balaban J connectivity index is 2.28. The number of likely N-dealkylation sites (tertiary alicyclic amines) is 1. The van der Waals surface area contributed by atoms with Crippen LogP contribution in [0, 0.1) is 5.82 Å². The Labute approximate surface area is 81.6 Å². The lowest BCUT2D eigenvalue weighted by molar-refractivity contribution is -0.127. The van der Waals surface area contributed by atoms with Crippen molar-refractivity contribution >= 4 is 5.91 Å². The lowest BCUT2D eigenvalue weighted by atomic mass is 10.1. The zero-order chi connectivity index (χ0) is 10.1. The minimum atomic E-state index is -0.352. The van der Waals surface area contributed by atoms with E-state index in [9.17, 15) is 9.18 Å². The highest BCUT2D eigenvalue weighted by molar-refractivity contribution is 5.78. The van der Waals surface area contributed by atoms with Gasteiger partial charge in [-0.05, 0) is 18.1 Å². The average molecular weight is 194 g/mol. The summed E-state index contributed by atoms with van der Waals surface area (Å²) in [5, 5.41) is 0. The molecule has 1 aliphatic heterocycles. The summed E-state index contributed by atoms with van der Waals surface area (Å²) >= 11 is 0. The molecule has 1 atom stereocenters. The number of hydrogen-bond acceptors (Lipinski definition) is 2. The molecule has 74 valence electrons. The second-order valence-corrected chi connectivity index (χ2v) is 3.50. The fourth-order valence-electron chi connectivity index (χ4n) is 1.80. The van der Waals surface area contributed by atoms with Gasteiger partial charge < -0.3 is 4.90 Å². The van der Waals surface area contributed by atoms with Gasteiger partial charge in [-0.25, -0.2) is 4.39 Å². The van der Waals surface area contributed by atoms with E-state index in [0.29, 0.717) is 6.42 Å². The standard InChI is InChI=1S/C10H11FN2O/c1-13-9(2-3-10(13)14)7-4-8(11)6-12-5-7/h4-6,9H,2-3H2,1H3. The van der Waals surface area contributed by atoms with Crippen LogP contribution in [0.25, 0.3) is 0 Å². The highest BCUT2D eigenvalue weighted by atomic mass is 19.1. The first kappa shape index (κ1) is 9.12. The molecule has 2 rings (SSSR count). The SMILES string of the molecule is CN1C(=O)CCC1c1cncc(F)c1. The van der Waals surface area contributed by atoms with Crippen LogP contribution in [0.2, 0.25) is 0 Å². The van der Waals surface area contributed by atoms with E-state index < -0.39 is 0 Å². The molecule has 0 aliphatic carbocycles. The van der Waals surface area contributed by atoms with E-state index in [1.54, 1.807) is 18.1 Å². The number of halogens is 1. The first-order chi connectivity index (χ1) is 6.68. The topological polar surface area (TPSA) is 33.2 Å². The van der Waals surface area contributed by atoms with Crippen molar-refractivity contribution in [2.75, 3.05) is 7.05 Å². The third kappa shape index (κ3) is 1.47. The molecule has 1 saturated heterocycles. The van der Waals surface area contributed by atoms with Gasteiger partial charge in [0.15, 0.2) is 0 Å². The quantitative estimate of drug-likeness (QED) is 0.679. The van der Waals surface area contributed by atoms with Crippen molar-refractivity contribution in [3.63, 3.8) is 0 Å². The van der Waals surface area contributed by atoms with Crippen molar-refractivity contribution in [1.82, 2.24) is 9.88 Å². The van der Waals surface area contributed by atoms with E-state index >= 15 is 0 Å². The maximum atomic E-state index is 12.9. The number of hydrogen-bond donors (Lipinski definition) is 0. The number of carbonyl (C=O) groups is 1. The van der Waals surface area contributed by atoms with E-state index in [-0.39, 0.29) is 17.8 Å². The van der Waals surface area contributed by atoms with Crippen LogP contribution in [0.15, 0.2) is 18.5 Å². The van der Waals surface area contributed by atoms with Crippen LogP contribution in [0.4, 0.5) is 4.39 Å². The average Bonchev–Trinajstić information content (AvgIpc) is 2.48. The lowest BCUT2D eigenvalue weighted by Crippen LogP contribution is -2.22. The number of nitrogens with zero attached hydrogens (tertiary/aromatic N) is 2. The Morgan fingerprint density at radius 3 is 2.93 bits per heavy atom. The second-order valence-electron chi connectivity index (χ2n) is 3.50. The normalized spacial score (nSPS) is 21.7. The molecule has 2 heterocycles. The van der Waals surface area contributed by atoms with Crippen molar-refractivity contribution in [3.05, 3.63) is 29.8 Å². The fourth-order valence-corrected chi connectivity index (χ4v) is 1.80. The van der Waals surface area contributed by atoms with Crippen LogP contribution in [-0.2, 0) is 4.79 Å². The van der Waals surface area contributed by atoms with Crippen molar-refractivity contribution < 1.29 is 9.18 Å². The Bertz CT molecular complexity index is 367. The first-order valence-electron chi connectivity index (χ1n) is 4.54. The molecular weight excluding hydrogens is 183 g/mol. The lowest BCUT2D eigenvalue weighted by Gasteiger charge is -2.19. The van der Waals surface area contributed by atoms with Crippen LogP contribution in [-0.4, -0.2) is 22.8 Å². The van der Waals surface area contributed by atoms with Crippen LogP contribution in [0.1, 0.15) is 24.4 Å². The van der Waals surface area contributed by atoms with E-state index in [0.717, 1.165) is 12.0 Å². The first-order valence-corrected chi connectivity index (χ1v) is 4.54. The summed E-state index contributed by atoms with van der Waals surface area (Å²) in [5.41, 5.74) is 0.776. The molecule has 0 N–H and O–H groups in total. The smallest absolute Gasteiger partial charge is 0.222 e. The second kappa shape index (κ2) is 3.36. The molecule has 1 fully saturated rings. The maximum absolute atomic E-state index is 12.9. The van der Waals surface area contributed by atoms with Gasteiger partial charge in [0, 0.05) is 19.7 Å². The predicted molar refractivity (Wildman–Crippen MR) is 48.9 cm³/mol. The largest absolute Gasteiger partial charge is 0.339 e. The van der Waals surface area contributed by atoms with Gasteiger partial charge in [-0.1, -0.05) is 0 Å². The van der Waals surface area contributed by atoms with Crippen molar-refractivity contribution in [2.45, 2.75) is 18.9 Å². The summed E-state index contributed by atoms with van der Waals surface area (Å²) in [6, 6.07) is 1.43.